The molecule has 2 aromatic heterocycles. The maximum absolute atomic E-state index is 9.71. The molecule has 3 aromatic rings. The topological polar surface area (TPSA) is 97.2 Å². The SMILES string of the molecule is Cn1ccc(-c2noc(-c3cc(O)ccc3O)n2)n1. The first-order valence-electron chi connectivity index (χ1n) is 5.49. The van der Waals surface area contributed by atoms with Gasteiger partial charge in [0, 0.05) is 13.2 Å². The highest BCUT2D eigenvalue weighted by Crippen LogP contribution is 2.31. The van der Waals surface area contributed by atoms with Gasteiger partial charge in [0.25, 0.3) is 5.89 Å². The van der Waals surface area contributed by atoms with Crippen molar-refractivity contribution in [2.24, 2.45) is 7.05 Å². The number of phenols is 2. The van der Waals surface area contributed by atoms with Crippen LogP contribution in [0, 0.1) is 0 Å². The number of nitrogens with zero attached hydrogens (tertiary/aromatic N) is 4. The quantitative estimate of drug-likeness (QED) is 0.677. The molecule has 0 fully saturated rings. The predicted molar refractivity (Wildman–Crippen MR) is 65.3 cm³/mol. The van der Waals surface area contributed by atoms with E-state index in [1.807, 2.05) is 0 Å². The Morgan fingerprint density at radius 1 is 1.21 bits per heavy atom. The molecule has 2 N–H and O–H groups in total. The van der Waals surface area contributed by atoms with Gasteiger partial charge in [-0.1, -0.05) is 5.16 Å². The Morgan fingerprint density at radius 3 is 2.79 bits per heavy atom. The largest absolute Gasteiger partial charge is 0.508 e. The third-order valence-electron chi connectivity index (χ3n) is 2.58. The Kier molecular flexibility index (Phi) is 2.45. The molecule has 0 amide bonds. The molecule has 7 heteroatoms. The number of phenolic OH excluding ortho intramolecular Hbond substituents is 2. The van der Waals surface area contributed by atoms with Crippen LogP contribution in [-0.4, -0.2) is 30.1 Å². The minimum absolute atomic E-state index is 0.00499. The highest BCUT2D eigenvalue weighted by atomic mass is 16.5. The van der Waals surface area contributed by atoms with Gasteiger partial charge in [0.15, 0.2) is 0 Å². The normalized spacial score (nSPS) is 10.8. The van der Waals surface area contributed by atoms with E-state index in [1.54, 1.807) is 24.0 Å². The smallest absolute Gasteiger partial charge is 0.262 e. The molecule has 1 aromatic carbocycles. The zero-order valence-corrected chi connectivity index (χ0v) is 9.98. The molecule has 0 saturated carbocycles. The molecule has 0 bridgehead atoms. The molecule has 0 radical (unpaired) electrons. The van der Waals surface area contributed by atoms with Crippen molar-refractivity contribution in [3.05, 3.63) is 30.5 Å². The van der Waals surface area contributed by atoms with Crippen molar-refractivity contribution in [1.82, 2.24) is 19.9 Å². The zero-order valence-electron chi connectivity index (χ0n) is 9.98. The Labute approximate surface area is 107 Å². The second-order valence-electron chi connectivity index (χ2n) is 4.00. The molecule has 0 saturated heterocycles. The lowest BCUT2D eigenvalue weighted by molar-refractivity contribution is 0.423. The van der Waals surface area contributed by atoms with Crippen LogP contribution in [0.4, 0.5) is 0 Å². The summed E-state index contributed by atoms with van der Waals surface area (Å²) in [5, 5.41) is 27.1. The molecular weight excluding hydrogens is 248 g/mol. The van der Waals surface area contributed by atoms with E-state index in [-0.39, 0.29) is 23.0 Å². The number of benzene rings is 1. The lowest BCUT2D eigenvalue weighted by Crippen LogP contribution is -1.88. The Hall–Kier alpha value is -2.83. The number of aromatic nitrogens is 4. The molecule has 0 spiro atoms. The maximum Gasteiger partial charge on any atom is 0.262 e. The summed E-state index contributed by atoms with van der Waals surface area (Å²) >= 11 is 0. The van der Waals surface area contributed by atoms with Crippen molar-refractivity contribution >= 4 is 0 Å². The lowest BCUT2D eigenvalue weighted by Gasteiger charge is -1.99. The summed E-state index contributed by atoms with van der Waals surface area (Å²) in [6, 6.07) is 5.83. The van der Waals surface area contributed by atoms with Gasteiger partial charge in [-0.25, -0.2) is 0 Å². The lowest BCUT2D eigenvalue weighted by atomic mass is 10.2. The number of hydrogen-bond donors (Lipinski definition) is 2. The Bertz CT molecular complexity index is 732. The molecule has 7 nitrogen and oxygen atoms in total. The van der Waals surface area contributed by atoms with E-state index in [4.69, 9.17) is 4.52 Å². The molecular formula is C12H10N4O3. The zero-order chi connectivity index (χ0) is 13.4. The minimum Gasteiger partial charge on any atom is -0.508 e. The monoisotopic (exact) mass is 258 g/mol. The summed E-state index contributed by atoms with van der Waals surface area (Å²) in [7, 11) is 1.78. The molecule has 0 aliphatic rings. The van der Waals surface area contributed by atoms with Gasteiger partial charge in [-0.3, -0.25) is 4.68 Å². The van der Waals surface area contributed by atoms with Crippen LogP contribution in [0.25, 0.3) is 23.0 Å². The van der Waals surface area contributed by atoms with Gasteiger partial charge in [-0.15, -0.1) is 0 Å². The first-order valence-corrected chi connectivity index (χ1v) is 5.49. The molecule has 0 aliphatic carbocycles. The van der Waals surface area contributed by atoms with E-state index in [2.05, 4.69) is 15.2 Å². The summed E-state index contributed by atoms with van der Waals surface area (Å²) < 4.78 is 6.69. The first kappa shape index (κ1) is 11.3. The van der Waals surface area contributed by atoms with Gasteiger partial charge in [-0.2, -0.15) is 10.1 Å². The van der Waals surface area contributed by atoms with Crippen molar-refractivity contribution in [2.45, 2.75) is 0 Å². The van der Waals surface area contributed by atoms with Crippen molar-refractivity contribution in [3.8, 4) is 34.5 Å². The van der Waals surface area contributed by atoms with E-state index in [0.717, 1.165) is 0 Å². The van der Waals surface area contributed by atoms with Crippen LogP contribution in [0.15, 0.2) is 35.0 Å². The average molecular weight is 258 g/mol. The van der Waals surface area contributed by atoms with Gasteiger partial charge < -0.3 is 14.7 Å². The number of hydrogen-bond acceptors (Lipinski definition) is 6. The van der Waals surface area contributed by atoms with Gasteiger partial charge in [0.1, 0.15) is 17.2 Å². The van der Waals surface area contributed by atoms with Crippen LogP contribution in [0.1, 0.15) is 0 Å². The van der Waals surface area contributed by atoms with Crippen molar-refractivity contribution in [1.29, 1.82) is 0 Å². The average Bonchev–Trinajstić information content (AvgIpc) is 3.00. The van der Waals surface area contributed by atoms with E-state index >= 15 is 0 Å². The Morgan fingerprint density at radius 2 is 2.05 bits per heavy atom. The van der Waals surface area contributed by atoms with Crippen LogP contribution in [0.3, 0.4) is 0 Å². The second-order valence-corrected chi connectivity index (χ2v) is 4.00. The summed E-state index contributed by atoms with van der Waals surface area (Å²) in [5.41, 5.74) is 0.840. The first-order chi connectivity index (χ1) is 9.13. The van der Waals surface area contributed by atoms with Gasteiger partial charge in [0.2, 0.25) is 5.82 Å². The molecule has 2 heterocycles. The highest BCUT2D eigenvalue weighted by molar-refractivity contribution is 5.65. The van der Waals surface area contributed by atoms with E-state index < -0.39 is 0 Å². The number of aromatic hydroxyl groups is 2. The van der Waals surface area contributed by atoms with E-state index in [1.165, 1.54) is 18.2 Å². The third kappa shape index (κ3) is 2.01. The highest BCUT2D eigenvalue weighted by Gasteiger charge is 2.15. The van der Waals surface area contributed by atoms with Gasteiger partial charge >= 0.3 is 0 Å². The van der Waals surface area contributed by atoms with Crippen LogP contribution in [-0.2, 0) is 7.05 Å². The van der Waals surface area contributed by atoms with Crippen molar-refractivity contribution in [2.75, 3.05) is 0 Å². The molecule has 19 heavy (non-hydrogen) atoms. The predicted octanol–water partition coefficient (Wildman–Crippen LogP) is 1.55. The third-order valence-corrected chi connectivity index (χ3v) is 2.58. The number of aryl methyl sites for hydroxylation is 1. The molecule has 96 valence electrons. The summed E-state index contributed by atoms with van der Waals surface area (Å²) in [5.74, 6) is 0.395. The van der Waals surface area contributed by atoms with E-state index in [9.17, 15) is 10.2 Å². The van der Waals surface area contributed by atoms with Crippen LogP contribution in [0.5, 0.6) is 11.5 Å². The van der Waals surface area contributed by atoms with Crippen LogP contribution >= 0.6 is 0 Å². The fraction of sp³-hybridized carbons (Fsp3) is 0.0833. The van der Waals surface area contributed by atoms with Crippen molar-refractivity contribution < 1.29 is 14.7 Å². The Balaban J connectivity index is 2.03. The van der Waals surface area contributed by atoms with Crippen LogP contribution < -0.4 is 0 Å². The summed E-state index contributed by atoms with van der Waals surface area (Å²) in [6.07, 6.45) is 1.76. The van der Waals surface area contributed by atoms with Crippen LogP contribution in [0.2, 0.25) is 0 Å². The van der Waals surface area contributed by atoms with Crippen molar-refractivity contribution in [3.63, 3.8) is 0 Å². The molecule has 0 aliphatic heterocycles. The molecule has 0 atom stereocenters. The van der Waals surface area contributed by atoms with Gasteiger partial charge in [0.05, 0.1) is 5.56 Å². The summed E-state index contributed by atoms with van der Waals surface area (Å²) in [4.78, 5) is 4.14. The molecule has 3 rings (SSSR count). The molecule has 0 unspecified atom stereocenters. The maximum atomic E-state index is 9.71. The summed E-state index contributed by atoms with van der Waals surface area (Å²) in [6.45, 7) is 0. The minimum atomic E-state index is -0.0472. The standard InChI is InChI=1S/C12H10N4O3/c1-16-5-4-9(14-16)11-13-12(19-15-11)8-6-7(17)2-3-10(8)18/h2-6,17-18H,1H3. The van der Waals surface area contributed by atoms with E-state index in [0.29, 0.717) is 11.5 Å². The van der Waals surface area contributed by atoms with Gasteiger partial charge in [-0.05, 0) is 24.3 Å². The number of rotatable bonds is 2. The fourth-order valence-corrected chi connectivity index (χ4v) is 1.67. The fourth-order valence-electron chi connectivity index (χ4n) is 1.67. The second kappa shape index (κ2) is 4.13.